The predicted octanol–water partition coefficient (Wildman–Crippen LogP) is 6.61. The lowest BCUT2D eigenvalue weighted by atomic mass is 9.61. The molecule has 0 saturated heterocycles. The van der Waals surface area contributed by atoms with Crippen molar-refractivity contribution in [1.82, 2.24) is 0 Å². The molecule has 3 fully saturated rings. The highest BCUT2D eigenvalue weighted by Crippen LogP contribution is 2.59. The van der Waals surface area contributed by atoms with Crippen LogP contribution in [0.4, 0.5) is 0 Å². The van der Waals surface area contributed by atoms with E-state index >= 15 is 0 Å². The second-order valence-electron chi connectivity index (χ2n) is 9.91. The van der Waals surface area contributed by atoms with Crippen LogP contribution in [0.25, 0.3) is 0 Å². The molecule has 0 bridgehead atoms. The number of aliphatic hydroxyl groups excluding tert-OH is 2. The van der Waals surface area contributed by atoms with Gasteiger partial charge in [-0.15, -0.1) is 0 Å². The van der Waals surface area contributed by atoms with Gasteiger partial charge in [-0.1, -0.05) is 70.9 Å². The molecule has 168 valence electrons. The predicted molar refractivity (Wildman–Crippen MR) is 127 cm³/mol. The Bertz CT molecular complexity index is 974. The molecule has 0 aromatic heterocycles. The molecule has 0 radical (unpaired) electrons. The number of fused-ring (bicyclic) bond motifs is 1. The van der Waals surface area contributed by atoms with Crippen LogP contribution in [0.3, 0.4) is 0 Å². The third-order valence-corrected chi connectivity index (χ3v) is 7.92. The van der Waals surface area contributed by atoms with Crippen LogP contribution in [0.15, 0.2) is 47.6 Å². The largest absolute Gasteiger partial charge is 0.393 e. The normalized spacial score (nSPS) is 45.5. The Morgan fingerprint density at radius 2 is 1.97 bits per heavy atom. The zero-order valence-corrected chi connectivity index (χ0v) is 18.4. The van der Waals surface area contributed by atoms with Crippen LogP contribution >= 0.6 is 0 Å². The van der Waals surface area contributed by atoms with Crippen molar-refractivity contribution in [3.05, 3.63) is 47.6 Å². The number of aliphatic hydroxyl groups is 2. The number of allylic oxidation sites excluding steroid dienone is 5. The van der Waals surface area contributed by atoms with E-state index < -0.39 is 44.6 Å². The zero-order valence-electron chi connectivity index (χ0n) is 27.4. The molecule has 7 atom stereocenters. The highest BCUT2D eigenvalue weighted by atomic mass is 16.3. The van der Waals surface area contributed by atoms with Crippen LogP contribution in [-0.2, 0) is 0 Å². The first-order valence-electron chi connectivity index (χ1n) is 15.9. The van der Waals surface area contributed by atoms with Crippen molar-refractivity contribution in [2.24, 2.45) is 35.0 Å². The highest BCUT2D eigenvalue weighted by Gasteiger charge is 2.50. The number of rotatable bonds is 5. The van der Waals surface area contributed by atoms with E-state index in [4.69, 9.17) is 12.3 Å². The number of hydrogen-bond acceptors (Lipinski definition) is 2. The molecule has 0 amide bonds. The van der Waals surface area contributed by atoms with Gasteiger partial charge in [0.1, 0.15) is 0 Å². The summed E-state index contributed by atoms with van der Waals surface area (Å²) in [5.74, 6) is -3.06. The van der Waals surface area contributed by atoms with Crippen molar-refractivity contribution in [3.63, 3.8) is 0 Å². The Kier molecular flexibility index (Phi) is 4.50. The molecule has 0 aromatic carbocycles. The van der Waals surface area contributed by atoms with E-state index in [1.807, 2.05) is 13.0 Å². The van der Waals surface area contributed by atoms with Gasteiger partial charge in [0.2, 0.25) is 0 Å². The molecule has 2 nitrogen and oxygen atoms in total. The van der Waals surface area contributed by atoms with Gasteiger partial charge >= 0.3 is 0 Å². The Labute approximate surface area is 197 Å². The molecular formula is C28H44O2. The highest BCUT2D eigenvalue weighted by molar-refractivity contribution is 5.38. The van der Waals surface area contributed by atoms with Crippen LogP contribution in [0, 0.1) is 35.0 Å². The van der Waals surface area contributed by atoms with Gasteiger partial charge in [0.25, 0.3) is 0 Å². The third-order valence-electron chi connectivity index (χ3n) is 7.92. The van der Waals surface area contributed by atoms with Crippen molar-refractivity contribution in [2.75, 3.05) is 0 Å². The van der Waals surface area contributed by atoms with Gasteiger partial charge in [-0.3, -0.25) is 0 Å². The summed E-state index contributed by atoms with van der Waals surface area (Å²) in [4.78, 5) is 0. The second-order valence-corrected chi connectivity index (χ2v) is 9.91. The fourth-order valence-electron chi connectivity index (χ4n) is 6.15. The molecule has 0 aliphatic heterocycles. The van der Waals surface area contributed by atoms with Gasteiger partial charge in [0.15, 0.2) is 0 Å². The Balaban J connectivity index is 1.85. The lowest BCUT2D eigenvalue weighted by molar-refractivity contribution is 0.0862. The van der Waals surface area contributed by atoms with Gasteiger partial charge in [-0.25, -0.2) is 0 Å². The van der Waals surface area contributed by atoms with Crippen molar-refractivity contribution in [2.45, 2.75) is 91.6 Å². The topological polar surface area (TPSA) is 40.5 Å². The lowest BCUT2D eigenvalue weighted by Crippen LogP contribution is -2.35. The van der Waals surface area contributed by atoms with Crippen LogP contribution < -0.4 is 0 Å². The standard InChI is InChI=1S/C28H44O2/c1-18(2)19(3)9-10-20(4)25-13-14-26-22(8-7-15-28(25,26)6)11-12-23-16-24(29)17-27(30)21(23)5/h9-12,18-20,24-27,29-30H,5,7-8,13-17H2,1-4,6H3/b10-9+,22-11+,23-12-/t19-,20+,24-,25+,26-,27-,28+/m0/s1/i1D3,2D3,3D3. The summed E-state index contributed by atoms with van der Waals surface area (Å²) in [5.41, 5.74) is 2.84. The lowest BCUT2D eigenvalue weighted by Gasteiger charge is -2.44. The molecule has 3 aliphatic carbocycles. The second kappa shape index (κ2) is 9.57. The van der Waals surface area contributed by atoms with Crippen molar-refractivity contribution >= 4 is 0 Å². The minimum atomic E-state index is -2.93. The summed E-state index contributed by atoms with van der Waals surface area (Å²) >= 11 is 0. The minimum Gasteiger partial charge on any atom is -0.393 e. The van der Waals surface area contributed by atoms with Crippen molar-refractivity contribution in [3.8, 4) is 0 Å². The van der Waals surface area contributed by atoms with E-state index in [9.17, 15) is 10.2 Å². The maximum absolute atomic E-state index is 10.2. The van der Waals surface area contributed by atoms with Crippen molar-refractivity contribution < 1.29 is 22.5 Å². The van der Waals surface area contributed by atoms with E-state index in [2.05, 4.69) is 19.6 Å². The van der Waals surface area contributed by atoms with Gasteiger partial charge in [-0.2, -0.15) is 0 Å². The first kappa shape index (κ1) is 14.1. The summed E-state index contributed by atoms with van der Waals surface area (Å²) in [6.45, 7) is -0.328. The summed E-state index contributed by atoms with van der Waals surface area (Å²) in [5, 5.41) is 20.3. The van der Waals surface area contributed by atoms with E-state index in [0.29, 0.717) is 24.3 Å². The summed E-state index contributed by atoms with van der Waals surface area (Å²) in [6.07, 6.45) is 11.6. The van der Waals surface area contributed by atoms with Gasteiger partial charge in [0.05, 0.1) is 12.2 Å². The third kappa shape index (κ3) is 4.86. The van der Waals surface area contributed by atoms with Crippen LogP contribution in [0.5, 0.6) is 0 Å². The van der Waals surface area contributed by atoms with E-state index in [1.165, 1.54) is 11.6 Å². The Morgan fingerprint density at radius 1 is 1.17 bits per heavy atom. The molecule has 3 aliphatic rings. The van der Waals surface area contributed by atoms with Crippen LogP contribution in [0.1, 0.15) is 91.7 Å². The average Bonchev–Trinajstić information content (AvgIpc) is 3.12. The van der Waals surface area contributed by atoms with E-state index in [1.54, 1.807) is 6.08 Å². The Morgan fingerprint density at radius 3 is 2.70 bits per heavy atom. The SMILES string of the molecule is [2H]C([2H])([2H])C([C@H](/C=C/[C@@H](C)[C@H]1CC[C@H]2/C(=C/C=C3/C[C@H](O)C[C@H](O)C3=C)CCC[C@]12C)C([2H])([2H])[2H])C([2H])([2H])[2H]. The fraction of sp³-hybridized carbons (Fsp3) is 0.714. The molecule has 0 spiro atoms. The van der Waals surface area contributed by atoms with Crippen molar-refractivity contribution in [1.29, 1.82) is 0 Å². The average molecular weight is 422 g/mol. The maximum atomic E-state index is 10.2. The van der Waals surface area contributed by atoms with Gasteiger partial charge in [0, 0.05) is 18.8 Å². The molecule has 2 heteroatoms. The molecule has 3 rings (SSSR count). The maximum Gasteiger partial charge on any atom is 0.0811 e. The Hall–Kier alpha value is -1.12. The molecule has 0 heterocycles. The van der Waals surface area contributed by atoms with E-state index in [0.717, 1.165) is 37.7 Å². The summed E-state index contributed by atoms with van der Waals surface area (Å²) < 4.78 is 70.5. The smallest absolute Gasteiger partial charge is 0.0811 e. The molecular weight excluding hydrogens is 368 g/mol. The monoisotopic (exact) mass is 421 g/mol. The van der Waals surface area contributed by atoms with Crippen LogP contribution in [-0.4, -0.2) is 22.4 Å². The summed E-state index contributed by atoms with van der Waals surface area (Å²) in [7, 11) is 0. The quantitative estimate of drug-likeness (QED) is 0.490. The van der Waals surface area contributed by atoms with Crippen LogP contribution in [0.2, 0.25) is 0 Å². The van der Waals surface area contributed by atoms with E-state index in [-0.39, 0.29) is 17.3 Å². The molecule has 2 N–H and O–H groups in total. The van der Waals surface area contributed by atoms with Gasteiger partial charge in [-0.05, 0) is 84.7 Å². The first-order chi connectivity index (χ1) is 17.8. The number of hydrogen-bond donors (Lipinski definition) is 2. The first-order valence-corrected chi connectivity index (χ1v) is 11.4. The molecule has 0 aromatic rings. The molecule has 30 heavy (non-hydrogen) atoms. The molecule has 3 saturated carbocycles. The molecule has 0 unspecified atom stereocenters. The minimum absolute atomic E-state index is 0.0299. The summed E-state index contributed by atoms with van der Waals surface area (Å²) in [6, 6.07) is 0. The zero-order chi connectivity index (χ0) is 29.6. The van der Waals surface area contributed by atoms with Gasteiger partial charge < -0.3 is 10.2 Å². The fourth-order valence-corrected chi connectivity index (χ4v) is 6.15.